The van der Waals surface area contributed by atoms with Crippen molar-refractivity contribution in [2.75, 3.05) is 19.7 Å². The van der Waals surface area contributed by atoms with Gasteiger partial charge in [-0.3, -0.25) is 4.79 Å². The Labute approximate surface area is 119 Å². The topological polar surface area (TPSA) is 64.3 Å². The molecule has 20 heavy (non-hydrogen) atoms. The monoisotopic (exact) mass is 272 g/mol. The molecule has 1 aromatic carbocycles. The highest BCUT2D eigenvalue weighted by Gasteiger charge is 2.24. The van der Waals surface area contributed by atoms with Crippen LogP contribution in [0.2, 0.25) is 0 Å². The molecule has 2 atom stereocenters. The Morgan fingerprint density at radius 3 is 3.10 bits per heavy atom. The number of rotatable bonds is 3. The predicted molar refractivity (Wildman–Crippen MR) is 78.2 cm³/mol. The molecule has 1 amide bonds. The van der Waals surface area contributed by atoms with Gasteiger partial charge in [0, 0.05) is 30.2 Å². The highest BCUT2D eigenvalue weighted by molar-refractivity contribution is 5.94. The number of hydrogen-bond donors (Lipinski definition) is 2. The lowest BCUT2D eigenvalue weighted by atomic mass is 10.0. The number of benzene rings is 1. The number of ether oxygens (including phenoxy) is 1. The van der Waals surface area contributed by atoms with Crippen LogP contribution in [0.25, 0.3) is 0 Å². The van der Waals surface area contributed by atoms with E-state index in [1.165, 1.54) is 0 Å². The molecule has 4 nitrogen and oxygen atoms in total. The lowest BCUT2D eigenvalue weighted by molar-refractivity contribution is 0.0907. The molecule has 0 aromatic heterocycles. The summed E-state index contributed by atoms with van der Waals surface area (Å²) in [7, 11) is 0. The lowest BCUT2D eigenvalue weighted by Crippen LogP contribution is -2.31. The molecule has 2 rings (SSSR count). The quantitative estimate of drug-likeness (QED) is 0.811. The van der Waals surface area contributed by atoms with E-state index in [4.69, 9.17) is 10.5 Å². The minimum absolute atomic E-state index is 0.0690. The first-order valence-electron chi connectivity index (χ1n) is 6.89. The van der Waals surface area contributed by atoms with Crippen LogP contribution in [0.4, 0.5) is 0 Å². The van der Waals surface area contributed by atoms with Gasteiger partial charge in [-0.25, -0.2) is 0 Å². The fourth-order valence-corrected chi connectivity index (χ4v) is 2.26. The van der Waals surface area contributed by atoms with Gasteiger partial charge in [0.2, 0.25) is 0 Å². The van der Waals surface area contributed by atoms with Gasteiger partial charge in [-0.05, 0) is 31.5 Å². The van der Waals surface area contributed by atoms with E-state index in [1.54, 1.807) is 12.1 Å². The fraction of sp³-hybridized carbons (Fsp3) is 0.438. The number of amides is 1. The van der Waals surface area contributed by atoms with E-state index in [-0.39, 0.29) is 12.0 Å². The molecular formula is C16H20N2O2. The summed E-state index contributed by atoms with van der Waals surface area (Å²) in [5, 5.41) is 2.96. The molecule has 0 spiro atoms. The molecule has 1 fully saturated rings. The largest absolute Gasteiger partial charge is 0.378 e. The van der Waals surface area contributed by atoms with Crippen molar-refractivity contribution in [3.05, 3.63) is 35.4 Å². The lowest BCUT2D eigenvalue weighted by Gasteiger charge is -2.14. The Balaban J connectivity index is 1.95. The first-order valence-corrected chi connectivity index (χ1v) is 6.89. The third-order valence-electron chi connectivity index (χ3n) is 3.52. The molecule has 1 heterocycles. The summed E-state index contributed by atoms with van der Waals surface area (Å²) in [6.07, 6.45) is 1.22. The van der Waals surface area contributed by atoms with Crippen molar-refractivity contribution in [1.82, 2.24) is 5.32 Å². The van der Waals surface area contributed by atoms with Crippen molar-refractivity contribution >= 4 is 5.91 Å². The standard InChI is InChI=1S/C16H20N2O2/c1-12-15(7-9-20-12)11-18-16(19)14-6-2-4-13(10-14)5-3-8-17/h2,4,6,10,12,15H,7-9,11,17H2,1H3,(H,18,19). The van der Waals surface area contributed by atoms with Crippen LogP contribution in [-0.4, -0.2) is 31.7 Å². The van der Waals surface area contributed by atoms with Gasteiger partial charge in [-0.15, -0.1) is 0 Å². The molecule has 0 saturated carbocycles. The average Bonchev–Trinajstić information content (AvgIpc) is 2.88. The Morgan fingerprint density at radius 1 is 1.55 bits per heavy atom. The van der Waals surface area contributed by atoms with Crippen molar-refractivity contribution in [3.63, 3.8) is 0 Å². The molecule has 106 valence electrons. The molecule has 1 aliphatic heterocycles. The van der Waals surface area contributed by atoms with Crippen LogP contribution in [0.3, 0.4) is 0 Å². The molecule has 2 unspecified atom stereocenters. The van der Waals surface area contributed by atoms with E-state index in [0.717, 1.165) is 18.6 Å². The molecule has 0 aliphatic carbocycles. The van der Waals surface area contributed by atoms with E-state index >= 15 is 0 Å². The van der Waals surface area contributed by atoms with E-state index in [2.05, 4.69) is 17.2 Å². The van der Waals surface area contributed by atoms with Crippen molar-refractivity contribution in [2.24, 2.45) is 11.7 Å². The smallest absolute Gasteiger partial charge is 0.251 e. The maximum Gasteiger partial charge on any atom is 0.251 e. The second-order valence-corrected chi connectivity index (χ2v) is 4.92. The van der Waals surface area contributed by atoms with Crippen LogP contribution in [0, 0.1) is 17.8 Å². The molecule has 0 bridgehead atoms. The third kappa shape index (κ3) is 3.83. The van der Waals surface area contributed by atoms with Gasteiger partial charge in [0.15, 0.2) is 0 Å². The van der Waals surface area contributed by atoms with Gasteiger partial charge in [-0.1, -0.05) is 17.9 Å². The van der Waals surface area contributed by atoms with Gasteiger partial charge < -0.3 is 15.8 Å². The summed E-state index contributed by atoms with van der Waals surface area (Å²) in [5.74, 6) is 6.04. The number of carbonyl (C=O) groups is 1. The molecular weight excluding hydrogens is 252 g/mol. The van der Waals surface area contributed by atoms with Gasteiger partial charge >= 0.3 is 0 Å². The number of hydrogen-bond acceptors (Lipinski definition) is 3. The van der Waals surface area contributed by atoms with Crippen LogP contribution in [-0.2, 0) is 4.74 Å². The SMILES string of the molecule is CC1OCCC1CNC(=O)c1cccc(C#CCN)c1. The minimum Gasteiger partial charge on any atom is -0.378 e. The maximum absolute atomic E-state index is 12.1. The Morgan fingerprint density at radius 2 is 2.40 bits per heavy atom. The zero-order valence-corrected chi connectivity index (χ0v) is 11.7. The van der Waals surface area contributed by atoms with Crippen molar-refractivity contribution in [2.45, 2.75) is 19.4 Å². The summed E-state index contributed by atoms with van der Waals surface area (Å²) < 4.78 is 5.49. The molecule has 0 radical (unpaired) electrons. The number of nitrogens with two attached hydrogens (primary N) is 1. The van der Waals surface area contributed by atoms with Gasteiger partial charge in [0.25, 0.3) is 5.91 Å². The fourth-order valence-electron chi connectivity index (χ4n) is 2.26. The van der Waals surface area contributed by atoms with Crippen molar-refractivity contribution in [3.8, 4) is 11.8 Å². The van der Waals surface area contributed by atoms with Crippen LogP contribution in [0.15, 0.2) is 24.3 Å². The highest BCUT2D eigenvalue weighted by Crippen LogP contribution is 2.19. The molecule has 1 aliphatic rings. The molecule has 1 saturated heterocycles. The second kappa shape index (κ2) is 7.09. The first-order chi connectivity index (χ1) is 9.70. The Bertz CT molecular complexity index is 531. The Hall–Kier alpha value is -1.83. The second-order valence-electron chi connectivity index (χ2n) is 4.92. The van der Waals surface area contributed by atoms with E-state index in [9.17, 15) is 4.79 Å². The highest BCUT2D eigenvalue weighted by atomic mass is 16.5. The van der Waals surface area contributed by atoms with Crippen molar-refractivity contribution in [1.29, 1.82) is 0 Å². The van der Waals surface area contributed by atoms with E-state index < -0.39 is 0 Å². The van der Waals surface area contributed by atoms with E-state index in [0.29, 0.717) is 24.6 Å². The first kappa shape index (κ1) is 14.6. The summed E-state index contributed by atoms with van der Waals surface area (Å²) in [4.78, 5) is 12.1. The molecule has 4 heteroatoms. The zero-order valence-electron chi connectivity index (χ0n) is 11.7. The molecule has 3 N–H and O–H groups in total. The van der Waals surface area contributed by atoms with Crippen LogP contribution in [0.1, 0.15) is 29.3 Å². The van der Waals surface area contributed by atoms with Gasteiger partial charge in [0.1, 0.15) is 0 Å². The molecule has 1 aromatic rings. The summed E-state index contributed by atoms with van der Waals surface area (Å²) in [6, 6.07) is 7.27. The maximum atomic E-state index is 12.1. The van der Waals surface area contributed by atoms with Gasteiger partial charge in [-0.2, -0.15) is 0 Å². The Kier molecular flexibility index (Phi) is 5.16. The van der Waals surface area contributed by atoms with E-state index in [1.807, 2.05) is 19.1 Å². The normalized spacial score (nSPS) is 21.1. The predicted octanol–water partition coefficient (Wildman–Crippen LogP) is 1.15. The van der Waals surface area contributed by atoms with Crippen LogP contribution < -0.4 is 11.1 Å². The number of carbonyl (C=O) groups excluding carboxylic acids is 1. The summed E-state index contributed by atoms with van der Waals surface area (Å²) >= 11 is 0. The average molecular weight is 272 g/mol. The number of nitrogens with one attached hydrogen (secondary N) is 1. The van der Waals surface area contributed by atoms with Crippen LogP contribution in [0.5, 0.6) is 0 Å². The van der Waals surface area contributed by atoms with Crippen LogP contribution >= 0.6 is 0 Å². The third-order valence-corrected chi connectivity index (χ3v) is 3.52. The summed E-state index contributed by atoms with van der Waals surface area (Å²) in [6.45, 7) is 3.80. The summed E-state index contributed by atoms with van der Waals surface area (Å²) in [5.41, 5.74) is 6.77. The van der Waals surface area contributed by atoms with Crippen molar-refractivity contribution < 1.29 is 9.53 Å². The minimum atomic E-state index is -0.0690. The van der Waals surface area contributed by atoms with Gasteiger partial charge in [0.05, 0.1) is 12.6 Å². The zero-order chi connectivity index (χ0) is 14.4.